The fraction of sp³-hybridized carbons (Fsp3) is 0.923. The number of rotatable bonds is 5. The third kappa shape index (κ3) is 6.03. The van der Waals surface area contributed by atoms with Gasteiger partial charge in [0.1, 0.15) is 0 Å². The van der Waals surface area contributed by atoms with Gasteiger partial charge in [0, 0.05) is 6.54 Å². The molecule has 0 aromatic carbocycles. The number of aliphatic hydroxyl groups is 1. The van der Waals surface area contributed by atoms with Gasteiger partial charge in [-0.3, -0.25) is 4.79 Å². The summed E-state index contributed by atoms with van der Waals surface area (Å²) in [5.41, 5.74) is 5.10. The van der Waals surface area contributed by atoms with Gasteiger partial charge < -0.3 is 16.2 Å². The van der Waals surface area contributed by atoms with Crippen molar-refractivity contribution < 1.29 is 9.90 Å². The molecule has 0 aliphatic heterocycles. The second kappa shape index (κ2) is 5.83. The average molecular weight is 244 g/mol. The first-order chi connectivity index (χ1) is 7.49. The van der Waals surface area contributed by atoms with E-state index in [0.29, 0.717) is 6.54 Å². The molecule has 4 N–H and O–H groups in total. The second-order valence-corrected chi connectivity index (χ2v) is 6.58. The van der Waals surface area contributed by atoms with Crippen molar-refractivity contribution in [2.45, 2.75) is 59.6 Å². The zero-order chi connectivity index (χ0) is 13.9. The molecule has 0 bridgehead atoms. The minimum Gasteiger partial charge on any atom is -0.391 e. The Morgan fingerprint density at radius 3 is 2.06 bits per heavy atom. The minimum absolute atomic E-state index is 0.0658. The number of hydrogen-bond donors (Lipinski definition) is 3. The van der Waals surface area contributed by atoms with Crippen molar-refractivity contribution in [2.75, 3.05) is 6.54 Å². The molecule has 0 aliphatic carbocycles. The standard InChI is InChI=1S/C13H28N2O2/c1-9(16)13(5,6)15-11(17)10(8-14)7-12(2,3)4/h9-10,16H,7-8,14H2,1-6H3,(H,15,17). The maximum Gasteiger partial charge on any atom is 0.224 e. The lowest BCUT2D eigenvalue weighted by atomic mass is 9.83. The van der Waals surface area contributed by atoms with E-state index in [-0.39, 0.29) is 17.2 Å². The lowest BCUT2D eigenvalue weighted by molar-refractivity contribution is -0.128. The van der Waals surface area contributed by atoms with Crippen molar-refractivity contribution in [1.82, 2.24) is 5.32 Å². The predicted molar refractivity (Wildman–Crippen MR) is 70.5 cm³/mol. The number of carbonyl (C=O) groups is 1. The van der Waals surface area contributed by atoms with Crippen LogP contribution in [0.1, 0.15) is 48.0 Å². The molecule has 0 rings (SSSR count). The minimum atomic E-state index is -0.623. The summed E-state index contributed by atoms with van der Waals surface area (Å²) in [7, 11) is 0. The van der Waals surface area contributed by atoms with E-state index >= 15 is 0 Å². The Hall–Kier alpha value is -0.610. The summed E-state index contributed by atoms with van der Waals surface area (Å²) in [6, 6.07) is 0. The zero-order valence-electron chi connectivity index (χ0n) is 12.0. The van der Waals surface area contributed by atoms with Crippen LogP contribution >= 0.6 is 0 Å². The van der Waals surface area contributed by atoms with Crippen molar-refractivity contribution in [3.63, 3.8) is 0 Å². The van der Waals surface area contributed by atoms with E-state index in [0.717, 1.165) is 6.42 Å². The molecule has 0 spiro atoms. The molecule has 2 unspecified atom stereocenters. The lowest BCUT2D eigenvalue weighted by Gasteiger charge is -2.32. The van der Waals surface area contributed by atoms with Crippen LogP contribution < -0.4 is 11.1 Å². The van der Waals surface area contributed by atoms with Crippen LogP contribution in [0.4, 0.5) is 0 Å². The van der Waals surface area contributed by atoms with Gasteiger partial charge in [0.05, 0.1) is 17.6 Å². The Kier molecular flexibility index (Phi) is 5.62. The van der Waals surface area contributed by atoms with E-state index in [1.807, 2.05) is 0 Å². The fourth-order valence-corrected chi connectivity index (χ4v) is 1.55. The van der Waals surface area contributed by atoms with Crippen molar-refractivity contribution in [2.24, 2.45) is 17.1 Å². The van der Waals surface area contributed by atoms with Crippen LogP contribution in [0.25, 0.3) is 0 Å². The Labute approximate surface area is 105 Å². The number of nitrogens with two attached hydrogens (primary N) is 1. The molecule has 4 heteroatoms. The Morgan fingerprint density at radius 1 is 1.29 bits per heavy atom. The second-order valence-electron chi connectivity index (χ2n) is 6.58. The van der Waals surface area contributed by atoms with Gasteiger partial charge in [0.25, 0.3) is 0 Å². The van der Waals surface area contributed by atoms with Gasteiger partial charge in [-0.1, -0.05) is 20.8 Å². The van der Waals surface area contributed by atoms with E-state index in [4.69, 9.17) is 5.73 Å². The number of carbonyl (C=O) groups excluding carboxylic acids is 1. The molecule has 2 atom stereocenters. The summed E-state index contributed by atoms with van der Waals surface area (Å²) in [5.74, 6) is -0.277. The molecular weight excluding hydrogens is 216 g/mol. The van der Waals surface area contributed by atoms with Crippen molar-refractivity contribution in [3.05, 3.63) is 0 Å². The topological polar surface area (TPSA) is 75.3 Å². The van der Waals surface area contributed by atoms with Crippen molar-refractivity contribution in [3.8, 4) is 0 Å². The quantitative estimate of drug-likeness (QED) is 0.682. The normalized spacial score (nSPS) is 16.5. The Balaban J connectivity index is 4.57. The first-order valence-corrected chi connectivity index (χ1v) is 6.20. The molecule has 4 nitrogen and oxygen atoms in total. The monoisotopic (exact) mass is 244 g/mol. The van der Waals surface area contributed by atoms with Gasteiger partial charge >= 0.3 is 0 Å². The largest absolute Gasteiger partial charge is 0.391 e. The van der Waals surface area contributed by atoms with Crippen molar-refractivity contribution >= 4 is 5.91 Å². The highest BCUT2D eigenvalue weighted by Gasteiger charge is 2.30. The van der Waals surface area contributed by atoms with Gasteiger partial charge in [-0.2, -0.15) is 0 Å². The van der Waals surface area contributed by atoms with Crippen LogP contribution in [0.15, 0.2) is 0 Å². The highest BCUT2D eigenvalue weighted by atomic mass is 16.3. The average Bonchev–Trinajstić information content (AvgIpc) is 2.11. The third-order valence-corrected chi connectivity index (χ3v) is 3.00. The van der Waals surface area contributed by atoms with Crippen LogP contribution in [0.2, 0.25) is 0 Å². The molecule has 0 saturated carbocycles. The number of amides is 1. The maximum absolute atomic E-state index is 12.1. The highest BCUT2D eigenvalue weighted by molar-refractivity contribution is 5.79. The highest BCUT2D eigenvalue weighted by Crippen LogP contribution is 2.24. The summed E-state index contributed by atoms with van der Waals surface area (Å²) in [6.07, 6.45) is 0.144. The first-order valence-electron chi connectivity index (χ1n) is 6.20. The molecule has 0 aliphatic rings. The molecular formula is C13H28N2O2. The summed E-state index contributed by atoms with van der Waals surface area (Å²) < 4.78 is 0. The zero-order valence-corrected chi connectivity index (χ0v) is 12.0. The number of aliphatic hydroxyl groups excluding tert-OH is 1. The smallest absolute Gasteiger partial charge is 0.224 e. The summed E-state index contributed by atoms with van der Waals surface area (Å²) in [6.45, 7) is 11.9. The van der Waals surface area contributed by atoms with E-state index in [1.165, 1.54) is 0 Å². The first kappa shape index (κ1) is 16.4. The van der Waals surface area contributed by atoms with Crippen LogP contribution in [0.5, 0.6) is 0 Å². The van der Waals surface area contributed by atoms with Gasteiger partial charge in [-0.25, -0.2) is 0 Å². The molecule has 0 heterocycles. The molecule has 0 aromatic rings. The Bertz CT molecular complexity index is 255. The molecule has 1 amide bonds. The molecule has 0 radical (unpaired) electrons. The molecule has 17 heavy (non-hydrogen) atoms. The molecule has 0 aromatic heterocycles. The van der Waals surface area contributed by atoms with Gasteiger partial charge in [-0.05, 0) is 32.6 Å². The van der Waals surface area contributed by atoms with E-state index in [1.54, 1.807) is 20.8 Å². The maximum atomic E-state index is 12.1. The SMILES string of the molecule is CC(O)C(C)(C)NC(=O)C(CN)CC(C)(C)C. The van der Waals surface area contributed by atoms with Gasteiger partial charge in [0.15, 0.2) is 0 Å². The van der Waals surface area contributed by atoms with Gasteiger partial charge in [0.2, 0.25) is 5.91 Å². The van der Waals surface area contributed by atoms with E-state index in [9.17, 15) is 9.90 Å². The van der Waals surface area contributed by atoms with Crippen LogP contribution in [-0.4, -0.2) is 29.2 Å². The lowest BCUT2D eigenvalue weighted by Crippen LogP contribution is -2.53. The van der Waals surface area contributed by atoms with Crippen LogP contribution in [0, 0.1) is 11.3 Å². The summed E-state index contributed by atoms with van der Waals surface area (Å²) in [4.78, 5) is 12.1. The van der Waals surface area contributed by atoms with Gasteiger partial charge in [-0.15, -0.1) is 0 Å². The van der Waals surface area contributed by atoms with E-state index < -0.39 is 11.6 Å². The third-order valence-electron chi connectivity index (χ3n) is 3.00. The van der Waals surface area contributed by atoms with Crippen LogP contribution in [0.3, 0.4) is 0 Å². The molecule has 0 fully saturated rings. The van der Waals surface area contributed by atoms with E-state index in [2.05, 4.69) is 26.1 Å². The summed E-state index contributed by atoms with van der Waals surface area (Å²) in [5, 5.41) is 12.4. The molecule has 102 valence electrons. The number of hydrogen-bond acceptors (Lipinski definition) is 3. The predicted octanol–water partition coefficient (Wildman–Crippen LogP) is 1.27. The summed E-state index contributed by atoms with van der Waals surface area (Å²) >= 11 is 0. The molecule has 0 saturated heterocycles. The van der Waals surface area contributed by atoms with Crippen molar-refractivity contribution in [1.29, 1.82) is 0 Å². The number of nitrogens with one attached hydrogen (secondary N) is 1. The fourth-order valence-electron chi connectivity index (χ4n) is 1.55. The van der Waals surface area contributed by atoms with Crippen LogP contribution in [-0.2, 0) is 4.79 Å². The Morgan fingerprint density at radius 2 is 1.76 bits per heavy atom.